The van der Waals surface area contributed by atoms with Crippen LogP contribution in [-0.2, 0) is 4.74 Å². The van der Waals surface area contributed by atoms with Gasteiger partial charge in [-0.15, -0.1) is 0 Å². The Morgan fingerprint density at radius 2 is 2.18 bits per heavy atom. The third kappa shape index (κ3) is 2.83. The molecule has 3 rings (SSSR count). The van der Waals surface area contributed by atoms with E-state index in [1.54, 1.807) is 0 Å². The van der Waals surface area contributed by atoms with Gasteiger partial charge in [0.15, 0.2) is 0 Å². The van der Waals surface area contributed by atoms with Crippen LogP contribution in [0.25, 0.3) is 0 Å². The van der Waals surface area contributed by atoms with Crippen LogP contribution in [-0.4, -0.2) is 49.3 Å². The SMILES string of the molecule is CC[C@H](N[C@@H]1CCN(C2CC2)C1)[C@@H]1CCOC1. The lowest BCUT2D eigenvalue weighted by atomic mass is 9.96. The van der Waals surface area contributed by atoms with Gasteiger partial charge < -0.3 is 10.1 Å². The molecule has 2 saturated heterocycles. The molecule has 1 saturated carbocycles. The maximum Gasteiger partial charge on any atom is 0.0510 e. The summed E-state index contributed by atoms with van der Waals surface area (Å²) in [6.45, 7) is 6.87. The molecule has 17 heavy (non-hydrogen) atoms. The standard InChI is InChI=1S/C14H26N2O/c1-2-14(11-6-8-17-10-11)15-12-5-7-16(9-12)13-3-4-13/h11-15H,2-10H2,1H3/t11-,12-,14+/m1/s1. The zero-order valence-corrected chi connectivity index (χ0v) is 11.0. The molecule has 0 spiro atoms. The number of ether oxygens (including phenoxy) is 1. The molecule has 0 unspecified atom stereocenters. The van der Waals surface area contributed by atoms with Crippen LogP contribution >= 0.6 is 0 Å². The summed E-state index contributed by atoms with van der Waals surface area (Å²) in [7, 11) is 0. The first-order chi connectivity index (χ1) is 8.36. The average molecular weight is 238 g/mol. The van der Waals surface area contributed by atoms with E-state index in [1.807, 2.05) is 0 Å². The predicted molar refractivity (Wildman–Crippen MR) is 69.1 cm³/mol. The van der Waals surface area contributed by atoms with Crippen molar-refractivity contribution in [1.29, 1.82) is 0 Å². The van der Waals surface area contributed by atoms with E-state index in [9.17, 15) is 0 Å². The molecule has 2 heterocycles. The van der Waals surface area contributed by atoms with Crippen molar-refractivity contribution in [3.63, 3.8) is 0 Å². The third-order valence-electron chi connectivity index (χ3n) is 4.71. The topological polar surface area (TPSA) is 24.5 Å². The second kappa shape index (κ2) is 5.25. The number of nitrogens with zero attached hydrogens (tertiary/aromatic N) is 1. The summed E-state index contributed by atoms with van der Waals surface area (Å²) in [5.41, 5.74) is 0. The number of rotatable bonds is 5. The first kappa shape index (κ1) is 11.9. The molecule has 0 aromatic heterocycles. The molecule has 3 aliphatic rings. The van der Waals surface area contributed by atoms with Gasteiger partial charge >= 0.3 is 0 Å². The predicted octanol–water partition coefficient (Wildman–Crippen LogP) is 1.63. The molecule has 1 N–H and O–H groups in total. The summed E-state index contributed by atoms with van der Waals surface area (Å²) in [4.78, 5) is 2.69. The molecule has 0 bridgehead atoms. The fourth-order valence-corrected chi connectivity index (χ4v) is 3.45. The lowest BCUT2D eigenvalue weighted by Crippen LogP contribution is -2.44. The van der Waals surface area contributed by atoms with Crippen LogP contribution < -0.4 is 5.32 Å². The first-order valence-corrected chi connectivity index (χ1v) is 7.44. The van der Waals surface area contributed by atoms with E-state index in [1.165, 1.54) is 45.2 Å². The molecule has 0 amide bonds. The van der Waals surface area contributed by atoms with Crippen LogP contribution in [0.2, 0.25) is 0 Å². The summed E-state index contributed by atoms with van der Waals surface area (Å²) in [5, 5.41) is 3.90. The minimum Gasteiger partial charge on any atom is -0.381 e. The summed E-state index contributed by atoms with van der Waals surface area (Å²) in [6.07, 6.45) is 6.74. The van der Waals surface area contributed by atoms with Gasteiger partial charge in [-0.3, -0.25) is 4.90 Å². The van der Waals surface area contributed by atoms with E-state index < -0.39 is 0 Å². The number of hydrogen-bond acceptors (Lipinski definition) is 3. The molecule has 1 aliphatic carbocycles. The second-order valence-electron chi connectivity index (χ2n) is 6.02. The molecule has 0 aromatic carbocycles. The Kier molecular flexibility index (Phi) is 3.69. The highest BCUT2D eigenvalue weighted by molar-refractivity contribution is 4.93. The number of hydrogen-bond donors (Lipinski definition) is 1. The van der Waals surface area contributed by atoms with E-state index in [0.29, 0.717) is 6.04 Å². The van der Waals surface area contributed by atoms with Crippen molar-refractivity contribution in [2.45, 2.75) is 57.2 Å². The molecule has 3 atom stereocenters. The lowest BCUT2D eigenvalue weighted by Gasteiger charge is -2.26. The van der Waals surface area contributed by atoms with Crippen molar-refractivity contribution < 1.29 is 4.74 Å². The van der Waals surface area contributed by atoms with Gasteiger partial charge in [-0.25, -0.2) is 0 Å². The molecule has 3 nitrogen and oxygen atoms in total. The molecule has 0 aromatic rings. The second-order valence-corrected chi connectivity index (χ2v) is 6.02. The van der Waals surface area contributed by atoms with Gasteiger partial charge in [-0.05, 0) is 38.0 Å². The molecule has 3 heteroatoms. The van der Waals surface area contributed by atoms with Crippen LogP contribution in [0.5, 0.6) is 0 Å². The lowest BCUT2D eigenvalue weighted by molar-refractivity contribution is 0.173. The van der Waals surface area contributed by atoms with Crippen molar-refractivity contribution in [1.82, 2.24) is 10.2 Å². The van der Waals surface area contributed by atoms with Crippen molar-refractivity contribution in [2.24, 2.45) is 5.92 Å². The highest BCUT2D eigenvalue weighted by Crippen LogP contribution is 2.30. The average Bonchev–Trinajstić information content (AvgIpc) is 2.89. The fraction of sp³-hybridized carbons (Fsp3) is 1.00. The maximum absolute atomic E-state index is 5.52. The Morgan fingerprint density at radius 3 is 2.82 bits per heavy atom. The number of likely N-dealkylation sites (tertiary alicyclic amines) is 1. The summed E-state index contributed by atoms with van der Waals surface area (Å²) < 4.78 is 5.52. The highest BCUT2D eigenvalue weighted by Gasteiger charge is 2.35. The first-order valence-electron chi connectivity index (χ1n) is 7.44. The van der Waals surface area contributed by atoms with Crippen LogP contribution in [0.1, 0.15) is 39.0 Å². The minimum absolute atomic E-state index is 0.682. The normalized spacial score (nSPS) is 36.5. The smallest absolute Gasteiger partial charge is 0.0510 e. The highest BCUT2D eigenvalue weighted by atomic mass is 16.5. The van der Waals surface area contributed by atoms with Crippen LogP contribution in [0, 0.1) is 5.92 Å². The Balaban J connectivity index is 1.47. The Labute approximate surface area is 105 Å². The summed E-state index contributed by atoms with van der Waals surface area (Å²) in [6, 6.07) is 2.36. The molecule has 3 fully saturated rings. The quantitative estimate of drug-likeness (QED) is 0.788. The molecule has 2 aliphatic heterocycles. The third-order valence-corrected chi connectivity index (χ3v) is 4.71. The van der Waals surface area contributed by atoms with Gasteiger partial charge in [0.1, 0.15) is 0 Å². The molecular weight excluding hydrogens is 212 g/mol. The number of nitrogens with one attached hydrogen (secondary N) is 1. The van der Waals surface area contributed by atoms with Crippen LogP contribution in [0.3, 0.4) is 0 Å². The minimum atomic E-state index is 0.682. The van der Waals surface area contributed by atoms with Crippen molar-refractivity contribution in [3.05, 3.63) is 0 Å². The van der Waals surface area contributed by atoms with Gasteiger partial charge in [-0.1, -0.05) is 6.92 Å². The monoisotopic (exact) mass is 238 g/mol. The van der Waals surface area contributed by atoms with E-state index in [0.717, 1.165) is 31.2 Å². The largest absolute Gasteiger partial charge is 0.381 e. The van der Waals surface area contributed by atoms with E-state index in [2.05, 4.69) is 17.1 Å². The molecular formula is C14H26N2O. The van der Waals surface area contributed by atoms with Crippen molar-refractivity contribution in [3.8, 4) is 0 Å². The van der Waals surface area contributed by atoms with E-state index in [-0.39, 0.29) is 0 Å². The Hall–Kier alpha value is -0.120. The summed E-state index contributed by atoms with van der Waals surface area (Å²) >= 11 is 0. The van der Waals surface area contributed by atoms with Crippen LogP contribution in [0.15, 0.2) is 0 Å². The van der Waals surface area contributed by atoms with Crippen LogP contribution in [0.4, 0.5) is 0 Å². The Bertz CT molecular complexity index is 249. The van der Waals surface area contributed by atoms with Gasteiger partial charge in [0, 0.05) is 37.8 Å². The molecule has 0 radical (unpaired) electrons. The van der Waals surface area contributed by atoms with Gasteiger partial charge in [0.2, 0.25) is 0 Å². The van der Waals surface area contributed by atoms with E-state index >= 15 is 0 Å². The Morgan fingerprint density at radius 1 is 1.29 bits per heavy atom. The fourth-order valence-electron chi connectivity index (χ4n) is 3.45. The van der Waals surface area contributed by atoms with Gasteiger partial charge in [0.25, 0.3) is 0 Å². The van der Waals surface area contributed by atoms with Gasteiger partial charge in [-0.2, -0.15) is 0 Å². The zero-order valence-electron chi connectivity index (χ0n) is 11.0. The summed E-state index contributed by atoms with van der Waals surface area (Å²) in [5.74, 6) is 0.759. The van der Waals surface area contributed by atoms with E-state index in [4.69, 9.17) is 4.74 Å². The maximum atomic E-state index is 5.52. The van der Waals surface area contributed by atoms with Gasteiger partial charge in [0.05, 0.1) is 6.61 Å². The van der Waals surface area contributed by atoms with Crippen molar-refractivity contribution in [2.75, 3.05) is 26.3 Å². The molecule has 98 valence electrons. The zero-order chi connectivity index (χ0) is 11.7. The van der Waals surface area contributed by atoms with Crippen molar-refractivity contribution >= 4 is 0 Å².